The second-order valence-electron chi connectivity index (χ2n) is 4.65. The first kappa shape index (κ1) is 12.2. The van der Waals surface area contributed by atoms with E-state index in [9.17, 15) is 0 Å². The van der Waals surface area contributed by atoms with Crippen LogP contribution in [0.25, 0.3) is 10.2 Å². The molecule has 2 aromatic rings. The Bertz CT molecular complexity index is 561. The number of fused-ring (bicyclic) bond motifs is 1. The summed E-state index contributed by atoms with van der Waals surface area (Å²) in [5, 5.41) is 1.59. The second-order valence-corrected chi connectivity index (χ2v) is 6.12. The van der Waals surface area contributed by atoms with Crippen molar-refractivity contribution in [2.24, 2.45) is 0 Å². The molecule has 3 nitrogen and oxygen atoms in total. The summed E-state index contributed by atoms with van der Waals surface area (Å²) in [6, 6.07) is 2.11. The predicted octanol–water partition coefficient (Wildman–Crippen LogP) is 3.90. The molecule has 0 unspecified atom stereocenters. The normalized spacial score (nSPS) is 16.4. The van der Waals surface area contributed by atoms with E-state index in [4.69, 9.17) is 11.6 Å². The molecular formula is C13H16ClN3S. The highest BCUT2D eigenvalue weighted by atomic mass is 35.5. The van der Waals surface area contributed by atoms with Crippen LogP contribution in [0.5, 0.6) is 0 Å². The zero-order valence-electron chi connectivity index (χ0n) is 10.4. The van der Waals surface area contributed by atoms with Crippen LogP contribution in [-0.2, 0) is 6.42 Å². The molecule has 18 heavy (non-hydrogen) atoms. The molecule has 0 atom stereocenters. The summed E-state index contributed by atoms with van der Waals surface area (Å²) >= 11 is 8.01. The number of aromatic nitrogens is 2. The van der Waals surface area contributed by atoms with Gasteiger partial charge in [-0.3, -0.25) is 0 Å². The highest BCUT2D eigenvalue weighted by molar-refractivity contribution is 7.18. The Morgan fingerprint density at radius 1 is 1.28 bits per heavy atom. The van der Waals surface area contributed by atoms with Gasteiger partial charge in [-0.15, -0.1) is 11.3 Å². The van der Waals surface area contributed by atoms with E-state index >= 15 is 0 Å². The maximum absolute atomic E-state index is 6.28. The number of hydrogen-bond donors (Lipinski definition) is 0. The van der Waals surface area contributed by atoms with Crippen molar-refractivity contribution in [3.8, 4) is 0 Å². The molecule has 96 valence electrons. The molecule has 2 aromatic heterocycles. The summed E-state index contributed by atoms with van der Waals surface area (Å²) in [5.41, 5.74) is 0. The molecule has 0 saturated carbocycles. The molecule has 0 aliphatic carbocycles. The number of piperidine rings is 1. The number of aryl methyl sites for hydroxylation is 1. The van der Waals surface area contributed by atoms with Crippen molar-refractivity contribution in [1.29, 1.82) is 0 Å². The summed E-state index contributed by atoms with van der Waals surface area (Å²) in [5.74, 6) is 0.803. The minimum Gasteiger partial charge on any atom is -0.341 e. The van der Waals surface area contributed by atoms with Gasteiger partial charge in [-0.05, 0) is 31.7 Å². The molecule has 1 fully saturated rings. The van der Waals surface area contributed by atoms with Gasteiger partial charge in [0.05, 0.1) is 0 Å². The molecule has 0 radical (unpaired) electrons. The Kier molecular flexibility index (Phi) is 3.39. The molecule has 0 amide bonds. The minimum atomic E-state index is 0.594. The number of rotatable bonds is 2. The molecule has 3 rings (SSSR count). The van der Waals surface area contributed by atoms with Crippen LogP contribution in [0.1, 0.15) is 31.1 Å². The van der Waals surface area contributed by atoms with Crippen molar-refractivity contribution in [1.82, 2.24) is 9.97 Å². The van der Waals surface area contributed by atoms with Crippen LogP contribution in [0, 0.1) is 0 Å². The molecular weight excluding hydrogens is 266 g/mol. The van der Waals surface area contributed by atoms with E-state index in [1.807, 2.05) is 0 Å². The molecule has 0 spiro atoms. The van der Waals surface area contributed by atoms with Gasteiger partial charge >= 0.3 is 0 Å². The monoisotopic (exact) mass is 281 g/mol. The van der Waals surface area contributed by atoms with Crippen molar-refractivity contribution in [3.63, 3.8) is 0 Å². The van der Waals surface area contributed by atoms with Crippen molar-refractivity contribution in [2.45, 2.75) is 32.6 Å². The maximum Gasteiger partial charge on any atom is 0.228 e. The van der Waals surface area contributed by atoms with E-state index in [0.717, 1.165) is 35.7 Å². The maximum atomic E-state index is 6.28. The van der Waals surface area contributed by atoms with Gasteiger partial charge in [0.15, 0.2) is 0 Å². The standard InChI is InChI=1S/C13H16ClN3S/c1-2-9-8-10-11(14)15-13(16-12(10)18-9)17-6-4-3-5-7-17/h8H,2-7H2,1H3. The molecule has 0 N–H and O–H groups in total. The van der Waals surface area contributed by atoms with Crippen LogP contribution in [0.15, 0.2) is 6.07 Å². The third kappa shape index (κ3) is 2.19. The van der Waals surface area contributed by atoms with Crippen LogP contribution in [-0.4, -0.2) is 23.1 Å². The van der Waals surface area contributed by atoms with Gasteiger partial charge in [0, 0.05) is 23.4 Å². The van der Waals surface area contributed by atoms with Crippen molar-refractivity contribution in [2.75, 3.05) is 18.0 Å². The number of nitrogens with zero attached hydrogens (tertiary/aromatic N) is 3. The fraction of sp³-hybridized carbons (Fsp3) is 0.538. The van der Waals surface area contributed by atoms with Crippen molar-refractivity contribution < 1.29 is 0 Å². The highest BCUT2D eigenvalue weighted by Crippen LogP contribution is 2.31. The van der Waals surface area contributed by atoms with E-state index in [-0.39, 0.29) is 0 Å². The van der Waals surface area contributed by atoms with Crippen LogP contribution in [0.4, 0.5) is 5.95 Å². The molecule has 5 heteroatoms. The summed E-state index contributed by atoms with van der Waals surface area (Å²) in [4.78, 5) is 13.7. The number of hydrogen-bond acceptors (Lipinski definition) is 4. The fourth-order valence-electron chi connectivity index (χ4n) is 2.34. The van der Waals surface area contributed by atoms with E-state index in [0.29, 0.717) is 5.15 Å². The second kappa shape index (κ2) is 5.02. The van der Waals surface area contributed by atoms with E-state index in [1.54, 1.807) is 11.3 Å². The summed E-state index contributed by atoms with van der Waals surface area (Å²) in [7, 11) is 0. The smallest absolute Gasteiger partial charge is 0.228 e. The Morgan fingerprint density at radius 3 is 2.78 bits per heavy atom. The first-order chi connectivity index (χ1) is 8.78. The van der Waals surface area contributed by atoms with Crippen molar-refractivity contribution in [3.05, 3.63) is 16.1 Å². The SMILES string of the molecule is CCc1cc2c(Cl)nc(N3CCCCC3)nc2s1. The zero-order valence-corrected chi connectivity index (χ0v) is 12.0. The summed E-state index contributed by atoms with van der Waals surface area (Å²) in [6.07, 6.45) is 4.79. The number of thiophene rings is 1. The Morgan fingerprint density at radius 2 is 2.06 bits per heavy atom. The Hall–Kier alpha value is -0.870. The summed E-state index contributed by atoms with van der Waals surface area (Å²) < 4.78 is 0. The third-order valence-electron chi connectivity index (χ3n) is 3.37. The quantitative estimate of drug-likeness (QED) is 0.782. The van der Waals surface area contributed by atoms with E-state index in [1.165, 1.54) is 24.1 Å². The van der Waals surface area contributed by atoms with Crippen LogP contribution >= 0.6 is 22.9 Å². The lowest BCUT2D eigenvalue weighted by Gasteiger charge is -2.26. The van der Waals surface area contributed by atoms with Gasteiger partial charge in [-0.25, -0.2) is 9.97 Å². The molecule has 0 aromatic carbocycles. The van der Waals surface area contributed by atoms with Gasteiger partial charge < -0.3 is 4.90 Å². The number of anilines is 1. The minimum absolute atomic E-state index is 0.594. The van der Waals surface area contributed by atoms with E-state index < -0.39 is 0 Å². The zero-order chi connectivity index (χ0) is 12.5. The van der Waals surface area contributed by atoms with E-state index in [2.05, 4.69) is 27.9 Å². The van der Waals surface area contributed by atoms with Gasteiger partial charge in [-0.1, -0.05) is 18.5 Å². The van der Waals surface area contributed by atoms with Crippen LogP contribution < -0.4 is 4.90 Å². The predicted molar refractivity (Wildman–Crippen MR) is 77.9 cm³/mol. The molecule has 1 aliphatic heterocycles. The van der Waals surface area contributed by atoms with Gasteiger partial charge in [0.2, 0.25) is 5.95 Å². The first-order valence-electron chi connectivity index (χ1n) is 6.49. The third-order valence-corrected chi connectivity index (χ3v) is 4.83. The number of halogens is 1. The topological polar surface area (TPSA) is 29.0 Å². The Balaban J connectivity index is 2.02. The lowest BCUT2D eigenvalue weighted by molar-refractivity contribution is 0.569. The van der Waals surface area contributed by atoms with Crippen LogP contribution in [0.2, 0.25) is 5.15 Å². The van der Waals surface area contributed by atoms with Crippen molar-refractivity contribution >= 4 is 39.1 Å². The molecule has 0 bridgehead atoms. The lowest BCUT2D eigenvalue weighted by Crippen LogP contribution is -2.30. The average molecular weight is 282 g/mol. The molecule has 1 saturated heterocycles. The molecule has 1 aliphatic rings. The highest BCUT2D eigenvalue weighted by Gasteiger charge is 2.16. The Labute approximate surface area is 116 Å². The van der Waals surface area contributed by atoms with Gasteiger partial charge in [-0.2, -0.15) is 0 Å². The van der Waals surface area contributed by atoms with Crippen LogP contribution in [0.3, 0.4) is 0 Å². The van der Waals surface area contributed by atoms with Gasteiger partial charge in [0.1, 0.15) is 9.98 Å². The largest absolute Gasteiger partial charge is 0.341 e. The fourth-order valence-corrected chi connectivity index (χ4v) is 3.57. The first-order valence-corrected chi connectivity index (χ1v) is 7.68. The van der Waals surface area contributed by atoms with Gasteiger partial charge in [0.25, 0.3) is 0 Å². The molecule has 3 heterocycles. The lowest BCUT2D eigenvalue weighted by atomic mass is 10.1. The average Bonchev–Trinajstić information content (AvgIpc) is 2.83. The summed E-state index contributed by atoms with van der Waals surface area (Å²) in [6.45, 7) is 4.25.